The summed E-state index contributed by atoms with van der Waals surface area (Å²) in [5.74, 6) is 0. The molecule has 15 heavy (non-hydrogen) atoms. The third kappa shape index (κ3) is 4.51. The van der Waals surface area contributed by atoms with Crippen LogP contribution < -0.4 is 0 Å². The Bertz CT molecular complexity index is 186. The summed E-state index contributed by atoms with van der Waals surface area (Å²) >= 11 is 0. The second kappa shape index (κ2) is 6.67. The predicted octanol–water partition coefficient (Wildman–Crippen LogP) is 2.73. The van der Waals surface area contributed by atoms with Gasteiger partial charge in [0.2, 0.25) is 0 Å². The molecule has 0 saturated carbocycles. The molecule has 1 saturated heterocycles. The number of carbonyl (C=O) groups excluding carboxylic acids is 1. The molecule has 1 rings (SSSR count). The Balaban J connectivity index is 2.21. The largest absolute Gasteiger partial charge is 0.528 e. The Morgan fingerprint density at radius 1 is 1.20 bits per heavy atom. The minimum Gasteiger partial charge on any atom is -0.430 e. The van der Waals surface area contributed by atoms with Crippen LogP contribution in [0, 0.1) is 0 Å². The summed E-state index contributed by atoms with van der Waals surface area (Å²) in [4.78, 5) is 16.5. The van der Waals surface area contributed by atoms with Gasteiger partial charge in [-0.05, 0) is 25.7 Å². The van der Waals surface area contributed by atoms with Gasteiger partial charge in [0, 0.05) is 13.1 Å². The van der Waals surface area contributed by atoms with Gasteiger partial charge in [0.15, 0.2) is 0 Å². The molecule has 0 radical (unpaired) electrons. The number of hydrogen-bond donors (Lipinski definition) is 0. The zero-order chi connectivity index (χ0) is 11.1. The van der Waals surface area contributed by atoms with Gasteiger partial charge in [0.25, 0.3) is 0 Å². The average molecular weight is 215 g/mol. The highest BCUT2D eigenvalue weighted by atomic mass is 16.8. The van der Waals surface area contributed by atoms with Crippen LogP contribution in [0.2, 0.25) is 0 Å². The van der Waals surface area contributed by atoms with Crippen LogP contribution in [0.4, 0.5) is 4.79 Å². The maximum absolute atomic E-state index is 11.4. The first-order chi connectivity index (χ1) is 7.26. The third-order valence-corrected chi connectivity index (χ3v) is 2.69. The second-order valence-corrected chi connectivity index (χ2v) is 3.89. The third-order valence-electron chi connectivity index (χ3n) is 2.69. The van der Waals surface area contributed by atoms with E-state index in [1.807, 2.05) is 13.8 Å². The minimum absolute atomic E-state index is 0.0118. The fourth-order valence-corrected chi connectivity index (χ4v) is 1.67. The molecular weight excluding hydrogens is 194 g/mol. The summed E-state index contributed by atoms with van der Waals surface area (Å²) in [6.45, 7) is 5.67. The van der Waals surface area contributed by atoms with E-state index in [2.05, 4.69) is 0 Å². The first kappa shape index (κ1) is 12.3. The zero-order valence-corrected chi connectivity index (χ0v) is 9.70. The molecule has 0 aromatic carbocycles. The number of piperidine rings is 1. The molecule has 0 spiro atoms. The van der Waals surface area contributed by atoms with E-state index in [0.717, 1.165) is 38.8 Å². The van der Waals surface area contributed by atoms with Gasteiger partial charge in [-0.25, -0.2) is 4.79 Å². The van der Waals surface area contributed by atoms with Crippen LogP contribution in [0.25, 0.3) is 0 Å². The molecule has 1 heterocycles. The van der Waals surface area contributed by atoms with E-state index in [9.17, 15) is 4.79 Å². The molecular formula is C11H21NO3. The van der Waals surface area contributed by atoms with Crippen LogP contribution in [0.15, 0.2) is 0 Å². The molecule has 4 heteroatoms. The molecule has 0 aliphatic carbocycles. The predicted molar refractivity (Wildman–Crippen MR) is 57.4 cm³/mol. The van der Waals surface area contributed by atoms with Crippen LogP contribution in [-0.2, 0) is 9.57 Å². The standard InChI is InChI=1S/C11H21NO3/c1-3-10(4-2)14-11(13)15-12-8-6-5-7-9-12/h10H,3-9H2,1-2H3. The molecule has 0 atom stereocenters. The van der Waals surface area contributed by atoms with Gasteiger partial charge in [0.05, 0.1) is 0 Å². The number of rotatable bonds is 4. The zero-order valence-electron chi connectivity index (χ0n) is 9.70. The van der Waals surface area contributed by atoms with Crippen LogP contribution in [-0.4, -0.2) is 30.4 Å². The first-order valence-electron chi connectivity index (χ1n) is 5.89. The highest BCUT2D eigenvalue weighted by Crippen LogP contribution is 2.11. The quantitative estimate of drug-likeness (QED) is 0.676. The van der Waals surface area contributed by atoms with Gasteiger partial charge in [-0.1, -0.05) is 20.3 Å². The normalized spacial score (nSPS) is 17.8. The lowest BCUT2D eigenvalue weighted by Crippen LogP contribution is -2.33. The summed E-state index contributed by atoms with van der Waals surface area (Å²) in [7, 11) is 0. The van der Waals surface area contributed by atoms with Crippen LogP contribution >= 0.6 is 0 Å². The van der Waals surface area contributed by atoms with E-state index >= 15 is 0 Å². The fourth-order valence-electron chi connectivity index (χ4n) is 1.67. The van der Waals surface area contributed by atoms with Gasteiger partial charge in [-0.3, -0.25) is 0 Å². The van der Waals surface area contributed by atoms with E-state index in [0.29, 0.717) is 0 Å². The van der Waals surface area contributed by atoms with Crippen molar-refractivity contribution < 1.29 is 14.4 Å². The maximum atomic E-state index is 11.4. The fraction of sp³-hybridized carbons (Fsp3) is 0.909. The van der Waals surface area contributed by atoms with Crippen molar-refractivity contribution in [1.82, 2.24) is 5.06 Å². The molecule has 4 nitrogen and oxygen atoms in total. The number of nitrogens with zero attached hydrogens (tertiary/aromatic N) is 1. The molecule has 1 aliphatic heterocycles. The number of hydroxylamine groups is 2. The Morgan fingerprint density at radius 3 is 2.33 bits per heavy atom. The van der Waals surface area contributed by atoms with E-state index in [1.54, 1.807) is 5.06 Å². The van der Waals surface area contributed by atoms with Crippen molar-refractivity contribution in [2.75, 3.05) is 13.1 Å². The van der Waals surface area contributed by atoms with Crippen LogP contribution in [0.5, 0.6) is 0 Å². The van der Waals surface area contributed by atoms with Crippen molar-refractivity contribution in [3.63, 3.8) is 0 Å². The molecule has 0 aromatic heterocycles. The van der Waals surface area contributed by atoms with Gasteiger partial charge < -0.3 is 9.57 Å². The van der Waals surface area contributed by atoms with Gasteiger partial charge >= 0.3 is 6.16 Å². The summed E-state index contributed by atoms with van der Waals surface area (Å²) < 4.78 is 5.15. The Hall–Kier alpha value is -0.770. The van der Waals surface area contributed by atoms with Crippen molar-refractivity contribution in [3.05, 3.63) is 0 Å². The molecule has 0 bridgehead atoms. The lowest BCUT2D eigenvalue weighted by atomic mass is 10.2. The van der Waals surface area contributed by atoms with Crippen molar-refractivity contribution >= 4 is 6.16 Å². The lowest BCUT2D eigenvalue weighted by Gasteiger charge is -2.25. The van der Waals surface area contributed by atoms with Gasteiger partial charge in [0.1, 0.15) is 6.10 Å². The van der Waals surface area contributed by atoms with Crippen LogP contribution in [0.1, 0.15) is 46.0 Å². The minimum atomic E-state index is -0.550. The number of ether oxygens (including phenoxy) is 1. The smallest absolute Gasteiger partial charge is 0.430 e. The summed E-state index contributed by atoms with van der Waals surface area (Å²) in [6, 6.07) is 0. The van der Waals surface area contributed by atoms with Crippen molar-refractivity contribution in [1.29, 1.82) is 0 Å². The van der Waals surface area contributed by atoms with E-state index in [1.165, 1.54) is 6.42 Å². The van der Waals surface area contributed by atoms with Crippen molar-refractivity contribution in [2.24, 2.45) is 0 Å². The molecule has 1 fully saturated rings. The SMILES string of the molecule is CCC(CC)OC(=O)ON1CCCCC1. The van der Waals surface area contributed by atoms with E-state index in [-0.39, 0.29) is 6.10 Å². The highest BCUT2D eigenvalue weighted by molar-refractivity contribution is 5.59. The van der Waals surface area contributed by atoms with Crippen molar-refractivity contribution in [2.45, 2.75) is 52.1 Å². The summed E-state index contributed by atoms with van der Waals surface area (Å²) in [6.07, 6.45) is 4.53. The second-order valence-electron chi connectivity index (χ2n) is 3.89. The molecule has 0 aromatic rings. The maximum Gasteiger partial charge on any atom is 0.528 e. The summed E-state index contributed by atoms with van der Waals surface area (Å²) in [5, 5.41) is 1.70. The first-order valence-corrected chi connectivity index (χ1v) is 5.89. The molecule has 88 valence electrons. The molecule has 0 unspecified atom stereocenters. The van der Waals surface area contributed by atoms with E-state index in [4.69, 9.17) is 9.57 Å². The Labute approximate surface area is 91.5 Å². The molecule has 1 aliphatic rings. The summed E-state index contributed by atoms with van der Waals surface area (Å²) in [5.41, 5.74) is 0. The average Bonchev–Trinajstić information content (AvgIpc) is 2.27. The molecule has 0 amide bonds. The highest BCUT2D eigenvalue weighted by Gasteiger charge is 2.18. The Morgan fingerprint density at radius 2 is 1.80 bits per heavy atom. The van der Waals surface area contributed by atoms with Gasteiger partial charge in [-0.2, -0.15) is 0 Å². The van der Waals surface area contributed by atoms with Crippen LogP contribution in [0.3, 0.4) is 0 Å². The monoisotopic (exact) mass is 215 g/mol. The van der Waals surface area contributed by atoms with E-state index < -0.39 is 6.16 Å². The van der Waals surface area contributed by atoms with Gasteiger partial charge in [-0.15, -0.1) is 5.06 Å². The topological polar surface area (TPSA) is 38.8 Å². The Kier molecular flexibility index (Phi) is 5.47. The van der Waals surface area contributed by atoms with Crippen molar-refractivity contribution in [3.8, 4) is 0 Å². The number of carbonyl (C=O) groups is 1. The lowest BCUT2D eigenvalue weighted by molar-refractivity contribution is -0.143. The number of hydrogen-bond acceptors (Lipinski definition) is 4. The molecule has 0 N–H and O–H groups in total.